The molecule has 1 amide bonds. The van der Waals surface area contributed by atoms with Crippen LogP contribution in [0.4, 0.5) is 17.1 Å². The van der Waals surface area contributed by atoms with Crippen LogP contribution in [0.15, 0.2) is 53.5 Å². The van der Waals surface area contributed by atoms with Crippen molar-refractivity contribution in [1.29, 1.82) is 0 Å². The summed E-state index contributed by atoms with van der Waals surface area (Å²) in [6.07, 6.45) is 2.80. The van der Waals surface area contributed by atoms with Crippen molar-refractivity contribution >= 4 is 35.2 Å². The van der Waals surface area contributed by atoms with Gasteiger partial charge in [0.25, 0.3) is 0 Å². The minimum atomic E-state index is -0.925. The highest BCUT2D eigenvalue weighted by Crippen LogP contribution is 2.56. The van der Waals surface area contributed by atoms with E-state index in [1.165, 1.54) is 0 Å². The maximum atomic E-state index is 13.1. The third-order valence-corrected chi connectivity index (χ3v) is 6.94. The highest BCUT2D eigenvalue weighted by Gasteiger charge is 2.58. The van der Waals surface area contributed by atoms with Gasteiger partial charge in [-0.3, -0.25) is 14.6 Å². The maximum Gasteiger partial charge on any atom is 0.309 e. The van der Waals surface area contributed by atoms with E-state index in [1.54, 1.807) is 13.1 Å². The third-order valence-electron chi connectivity index (χ3n) is 6.94. The van der Waals surface area contributed by atoms with Crippen LogP contribution in [0.3, 0.4) is 0 Å². The summed E-state index contributed by atoms with van der Waals surface area (Å²) in [6.45, 7) is 5.49. The molecule has 0 aliphatic heterocycles. The number of nitrogens with zero attached hydrogens (tertiary/aromatic N) is 2. The summed E-state index contributed by atoms with van der Waals surface area (Å²) < 4.78 is 0. The molecule has 6 nitrogen and oxygen atoms in total. The van der Waals surface area contributed by atoms with Crippen molar-refractivity contribution in [2.24, 2.45) is 21.7 Å². The van der Waals surface area contributed by atoms with Crippen LogP contribution in [-0.2, 0) is 9.59 Å². The molecular weight excluding hydrogens is 390 g/mol. The van der Waals surface area contributed by atoms with Gasteiger partial charge >= 0.3 is 5.97 Å². The Hall–Kier alpha value is -3.15. The maximum absolute atomic E-state index is 13.1. The normalized spacial score (nSPS) is 22.4. The second kappa shape index (κ2) is 8.53. The zero-order valence-corrected chi connectivity index (χ0v) is 18.8. The number of carbonyl (C=O) groups excluding carboxylic acids is 1. The van der Waals surface area contributed by atoms with Gasteiger partial charge in [0.2, 0.25) is 5.91 Å². The van der Waals surface area contributed by atoms with Crippen molar-refractivity contribution in [3.05, 3.63) is 54.1 Å². The molecule has 0 bridgehead atoms. The first kappa shape index (κ1) is 22.5. The van der Waals surface area contributed by atoms with E-state index < -0.39 is 16.8 Å². The number of rotatable bonds is 6. The van der Waals surface area contributed by atoms with Crippen molar-refractivity contribution in [2.45, 2.75) is 33.6 Å². The van der Waals surface area contributed by atoms with E-state index in [0.29, 0.717) is 24.2 Å². The van der Waals surface area contributed by atoms with Crippen LogP contribution in [0.1, 0.15) is 39.2 Å². The van der Waals surface area contributed by atoms with E-state index in [9.17, 15) is 14.7 Å². The zero-order valence-electron chi connectivity index (χ0n) is 18.8. The van der Waals surface area contributed by atoms with Gasteiger partial charge in [-0.1, -0.05) is 38.1 Å². The lowest BCUT2D eigenvalue weighted by molar-refractivity contribution is -0.154. The number of hydrogen-bond acceptors (Lipinski definition) is 4. The molecule has 3 rings (SSSR count). The minimum Gasteiger partial charge on any atom is -0.481 e. The molecule has 1 fully saturated rings. The van der Waals surface area contributed by atoms with Gasteiger partial charge in [-0.15, -0.1) is 0 Å². The van der Waals surface area contributed by atoms with Gasteiger partial charge in [-0.2, -0.15) is 0 Å². The van der Waals surface area contributed by atoms with E-state index in [0.717, 1.165) is 11.3 Å². The fraction of sp³-hybridized carbons (Fsp3) is 0.400. The first-order valence-electron chi connectivity index (χ1n) is 10.5. The molecular formula is C25H31N3O3. The predicted molar refractivity (Wildman–Crippen MR) is 125 cm³/mol. The number of para-hydroxylation sites is 2. The number of carboxylic acid groups (broad SMARTS) is 1. The van der Waals surface area contributed by atoms with Crippen LogP contribution in [0.5, 0.6) is 0 Å². The summed E-state index contributed by atoms with van der Waals surface area (Å²) in [7, 11) is 3.99. The lowest BCUT2D eigenvalue weighted by Crippen LogP contribution is -2.43. The second-order valence-electron chi connectivity index (χ2n) is 9.20. The Morgan fingerprint density at radius 3 is 2.32 bits per heavy atom. The summed E-state index contributed by atoms with van der Waals surface area (Å²) in [5, 5.41) is 12.7. The molecule has 6 heteroatoms. The van der Waals surface area contributed by atoms with Gasteiger partial charge in [-0.05, 0) is 55.0 Å². The second-order valence-corrected chi connectivity index (χ2v) is 9.20. The molecule has 1 saturated carbocycles. The Labute approximate surface area is 184 Å². The SMILES string of the molecule is CN(C)c1ccc(C=Nc2ccccc2NC(=O)C2CCC(C)(C(=O)O)C2(C)C)cc1. The number of nitrogens with one attached hydrogen (secondary N) is 1. The Balaban J connectivity index is 1.78. The van der Waals surface area contributed by atoms with Gasteiger partial charge in [0.15, 0.2) is 0 Å². The quantitative estimate of drug-likeness (QED) is 0.645. The van der Waals surface area contributed by atoms with Crippen molar-refractivity contribution < 1.29 is 14.7 Å². The van der Waals surface area contributed by atoms with E-state index in [-0.39, 0.29) is 11.8 Å². The number of carbonyl (C=O) groups is 2. The van der Waals surface area contributed by atoms with Crippen LogP contribution in [-0.4, -0.2) is 37.3 Å². The molecule has 2 N–H and O–H groups in total. The molecule has 0 saturated heterocycles. The smallest absolute Gasteiger partial charge is 0.309 e. The average molecular weight is 422 g/mol. The highest BCUT2D eigenvalue weighted by atomic mass is 16.4. The first-order valence-corrected chi connectivity index (χ1v) is 10.5. The van der Waals surface area contributed by atoms with E-state index in [4.69, 9.17) is 0 Å². The van der Waals surface area contributed by atoms with Crippen molar-refractivity contribution in [3.8, 4) is 0 Å². The molecule has 2 atom stereocenters. The predicted octanol–water partition coefficient (Wildman–Crippen LogP) is 4.97. The van der Waals surface area contributed by atoms with Crippen molar-refractivity contribution in [3.63, 3.8) is 0 Å². The van der Waals surface area contributed by atoms with E-state index in [1.807, 2.05) is 81.4 Å². The van der Waals surface area contributed by atoms with Crippen LogP contribution >= 0.6 is 0 Å². The standard InChI is InChI=1S/C25H31N3O3/c1-24(2)19(14-15-25(24,3)23(30)31)22(29)27-21-9-7-6-8-20(21)26-16-17-10-12-18(13-11-17)28(4)5/h6-13,16,19H,14-15H2,1-5H3,(H,27,29)(H,30,31). The number of hydrogen-bond donors (Lipinski definition) is 2. The molecule has 0 radical (unpaired) electrons. The third kappa shape index (κ3) is 4.33. The summed E-state index contributed by atoms with van der Waals surface area (Å²) in [6, 6.07) is 15.4. The lowest BCUT2D eigenvalue weighted by atomic mass is 9.65. The molecule has 0 heterocycles. The summed E-state index contributed by atoms with van der Waals surface area (Å²) >= 11 is 0. The monoisotopic (exact) mass is 421 g/mol. The number of aliphatic imine (C=N–C) groups is 1. The fourth-order valence-corrected chi connectivity index (χ4v) is 4.26. The number of carboxylic acids is 1. The minimum absolute atomic E-state index is 0.159. The number of aliphatic carboxylic acids is 1. The van der Waals surface area contributed by atoms with E-state index in [2.05, 4.69) is 10.3 Å². The number of amides is 1. The zero-order chi connectivity index (χ0) is 22.8. The van der Waals surface area contributed by atoms with Gasteiger partial charge in [0.1, 0.15) is 0 Å². The number of anilines is 2. The van der Waals surface area contributed by atoms with Crippen molar-refractivity contribution in [1.82, 2.24) is 0 Å². The molecule has 31 heavy (non-hydrogen) atoms. The summed E-state index contributed by atoms with van der Waals surface area (Å²) in [5.41, 5.74) is 1.76. The van der Waals surface area contributed by atoms with Crippen LogP contribution in [0.2, 0.25) is 0 Å². The van der Waals surface area contributed by atoms with Gasteiger partial charge < -0.3 is 15.3 Å². The van der Waals surface area contributed by atoms with Gasteiger partial charge in [-0.25, -0.2) is 0 Å². The molecule has 1 aliphatic carbocycles. The molecule has 2 unspecified atom stereocenters. The molecule has 1 aliphatic rings. The first-order chi connectivity index (χ1) is 14.6. The fourth-order valence-electron chi connectivity index (χ4n) is 4.26. The van der Waals surface area contributed by atoms with Crippen LogP contribution < -0.4 is 10.2 Å². The molecule has 2 aromatic carbocycles. The van der Waals surface area contributed by atoms with Gasteiger partial charge in [0.05, 0.1) is 16.8 Å². The topological polar surface area (TPSA) is 82.0 Å². The van der Waals surface area contributed by atoms with Gasteiger partial charge in [0, 0.05) is 31.9 Å². The Morgan fingerprint density at radius 1 is 1.10 bits per heavy atom. The Bertz CT molecular complexity index is 995. The molecule has 0 aromatic heterocycles. The van der Waals surface area contributed by atoms with Crippen molar-refractivity contribution in [2.75, 3.05) is 24.3 Å². The molecule has 164 valence electrons. The average Bonchev–Trinajstić information content (AvgIpc) is 2.97. The lowest BCUT2D eigenvalue weighted by Gasteiger charge is -2.37. The van der Waals surface area contributed by atoms with E-state index >= 15 is 0 Å². The van der Waals surface area contributed by atoms with Crippen LogP contribution in [0, 0.1) is 16.7 Å². The largest absolute Gasteiger partial charge is 0.481 e. The molecule has 0 spiro atoms. The summed E-state index contributed by atoms with van der Waals surface area (Å²) in [4.78, 5) is 31.6. The molecule has 2 aromatic rings. The van der Waals surface area contributed by atoms with Crippen LogP contribution in [0.25, 0.3) is 0 Å². The Kier molecular flexibility index (Phi) is 6.20. The highest BCUT2D eigenvalue weighted by molar-refractivity contribution is 5.97. The summed E-state index contributed by atoms with van der Waals surface area (Å²) in [5.74, 6) is -1.39. The Morgan fingerprint density at radius 2 is 1.74 bits per heavy atom. The number of benzene rings is 2.